The van der Waals surface area contributed by atoms with Gasteiger partial charge in [0.2, 0.25) is 15.9 Å². The monoisotopic (exact) mass is 436 g/mol. The lowest BCUT2D eigenvalue weighted by Crippen LogP contribution is -2.41. The molecule has 1 atom stereocenters. The Labute approximate surface area is 184 Å². The minimum atomic E-state index is -3.63. The largest absolute Gasteiger partial charge is 0.344 e. The third-order valence-electron chi connectivity index (χ3n) is 5.17. The van der Waals surface area contributed by atoms with Gasteiger partial charge in [0.15, 0.2) is 0 Å². The highest BCUT2D eigenvalue weighted by Crippen LogP contribution is 2.23. The third-order valence-corrected chi connectivity index (χ3v) is 6.31. The van der Waals surface area contributed by atoms with Crippen LogP contribution in [0.15, 0.2) is 78.9 Å². The summed E-state index contributed by atoms with van der Waals surface area (Å²) < 4.78 is 26.0. The second-order valence-electron chi connectivity index (χ2n) is 7.61. The van der Waals surface area contributed by atoms with Gasteiger partial charge in [-0.2, -0.15) is 0 Å². The van der Waals surface area contributed by atoms with Crippen molar-refractivity contribution in [1.82, 2.24) is 5.32 Å². The number of hydrogen-bond acceptors (Lipinski definition) is 3. The van der Waals surface area contributed by atoms with Crippen LogP contribution in [-0.4, -0.2) is 27.1 Å². The fourth-order valence-electron chi connectivity index (χ4n) is 3.40. The van der Waals surface area contributed by atoms with E-state index >= 15 is 0 Å². The van der Waals surface area contributed by atoms with Gasteiger partial charge in [0.25, 0.3) is 0 Å². The zero-order valence-electron chi connectivity index (χ0n) is 18.1. The summed E-state index contributed by atoms with van der Waals surface area (Å²) in [5.74, 6) is -0.376. The van der Waals surface area contributed by atoms with Gasteiger partial charge in [0.1, 0.15) is 6.54 Å². The second kappa shape index (κ2) is 9.79. The molecule has 0 aromatic heterocycles. The number of nitrogens with zero attached hydrogens (tertiary/aromatic N) is 1. The first-order valence-corrected chi connectivity index (χ1v) is 12.1. The lowest BCUT2D eigenvalue weighted by Gasteiger charge is -2.25. The third kappa shape index (κ3) is 5.95. The molecule has 3 aromatic carbocycles. The maximum atomic E-state index is 13.0. The number of nitrogens with one attached hydrogen (secondary N) is 1. The molecule has 6 heteroatoms. The molecule has 0 heterocycles. The predicted octanol–water partition coefficient (Wildman–Crippen LogP) is 4.23. The van der Waals surface area contributed by atoms with E-state index in [-0.39, 0.29) is 18.5 Å². The normalized spacial score (nSPS) is 12.2. The average Bonchev–Trinajstić information content (AvgIpc) is 2.76. The van der Waals surface area contributed by atoms with Crippen LogP contribution in [-0.2, 0) is 21.2 Å². The molecule has 3 aromatic rings. The van der Waals surface area contributed by atoms with Crippen LogP contribution in [0.5, 0.6) is 0 Å². The van der Waals surface area contributed by atoms with Crippen LogP contribution in [0.1, 0.15) is 35.2 Å². The first-order chi connectivity index (χ1) is 14.8. The molecule has 0 saturated heterocycles. The van der Waals surface area contributed by atoms with E-state index in [1.807, 2.05) is 80.6 Å². The fourth-order valence-corrected chi connectivity index (χ4v) is 4.25. The summed E-state index contributed by atoms with van der Waals surface area (Å²) in [5, 5.41) is 3.02. The van der Waals surface area contributed by atoms with Gasteiger partial charge >= 0.3 is 0 Å². The number of sulfonamides is 1. The van der Waals surface area contributed by atoms with Gasteiger partial charge in [-0.25, -0.2) is 8.42 Å². The van der Waals surface area contributed by atoms with Crippen molar-refractivity contribution in [1.29, 1.82) is 0 Å². The molecular weight excluding hydrogens is 408 g/mol. The Bertz CT molecular complexity index is 1110. The van der Waals surface area contributed by atoms with E-state index in [9.17, 15) is 13.2 Å². The maximum absolute atomic E-state index is 13.0. The van der Waals surface area contributed by atoms with Crippen LogP contribution < -0.4 is 9.62 Å². The molecule has 1 N–H and O–H groups in total. The van der Waals surface area contributed by atoms with Crippen LogP contribution in [0.3, 0.4) is 0 Å². The smallest absolute Gasteiger partial charge is 0.241 e. The molecule has 1 amide bonds. The Hall–Kier alpha value is -3.12. The van der Waals surface area contributed by atoms with Crippen LogP contribution >= 0.6 is 0 Å². The number of amides is 1. The van der Waals surface area contributed by atoms with Crippen molar-refractivity contribution >= 4 is 21.6 Å². The molecule has 31 heavy (non-hydrogen) atoms. The standard InChI is InChI=1S/C25H28N2O3S/c1-4-20-12-16-23(17-13-20)27(31(3,29)30)18-24(28)26-25(21-8-6-5-7-9-21)22-14-10-19(2)11-15-22/h5-17,25H,4,18H2,1-3H3,(H,26,28). The van der Waals surface area contributed by atoms with Gasteiger partial charge in [-0.3, -0.25) is 9.10 Å². The molecule has 0 radical (unpaired) electrons. The molecule has 0 aliphatic carbocycles. The number of carbonyl (C=O) groups is 1. The molecular formula is C25H28N2O3S. The molecule has 0 fully saturated rings. The molecule has 0 spiro atoms. The Morgan fingerprint density at radius 1 is 0.903 bits per heavy atom. The van der Waals surface area contributed by atoms with Crippen LogP contribution in [0.25, 0.3) is 0 Å². The van der Waals surface area contributed by atoms with Crippen LogP contribution in [0.2, 0.25) is 0 Å². The molecule has 3 rings (SSSR count). The second-order valence-corrected chi connectivity index (χ2v) is 9.52. The van der Waals surface area contributed by atoms with Gasteiger partial charge in [-0.15, -0.1) is 0 Å². The van der Waals surface area contributed by atoms with Gasteiger partial charge < -0.3 is 5.32 Å². The number of aryl methyl sites for hydroxylation is 2. The quantitative estimate of drug-likeness (QED) is 0.575. The average molecular weight is 437 g/mol. The maximum Gasteiger partial charge on any atom is 0.241 e. The minimum absolute atomic E-state index is 0.292. The summed E-state index contributed by atoms with van der Waals surface area (Å²) in [5.41, 5.74) is 4.56. The number of rotatable bonds is 8. The highest BCUT2D eigenvalue weighted by molar-refractivity contribution is 7.92. The van der Waals surface area contributed by atoms with E-state index in [1.54, 1.807) is 12.1 Å². The molecule has 0 saturated carbocycles. The fraction of sp³-hybridized carbons (Fsp3) is 0.240. The van der Waals surface area contributed by atoms with Gasteiger partial charge in [-0.05, 0) is 42.2 Å². The lowest BCUT2D eigenvalue weighted by molar-refractivity contribution is -0.120. The van der Waals surface area contributed by atoms with Crippen molar-refractivity contribution in [2.24, 2.45) is 0 Å². The Kier molecular flexibility index (Phi) is 7.13. The van der Waals surface area contributed by atoms with E-state index in [0.717, 1.165) is 39.2 Å². The number of anilines is 1. The Balaban J connectivity index is 1.86. The van der Waals surface area contributed by atoms with Crippen LogP contribution in [0, 0.1) is 6.92 Å². The van der Waals surface area contributed by atoms with Crippen molar-refractivity contribution < 1.29 is 13.2 Å². The van der Waals surface area contributed by atoms with Gasteiger partial charge in [0, 0.05) is 0 Å². The molecule has 162 valence electrons. The van der Waals surface area contributed by atoms with E-state index < -0.39 is 10.0 Å². The Morgan fingerprint density at radius 2 is 1.48 bits per heavy atom. The zero-order chi connectivity index (χ0) is 22.4. The van der Waals surface area contributed by atoms with Gasteiger partial charge in [0.05, 0.1) is 18.0 Å². The van der Waals surface area contributed by atoms with E-state index in [1.165, 1.54) is 0 Å². The SMILES string of the molecule is CCc1ccc(N(CC(=O)NC(c2ccccc2)c2ccc(C)cc2)S(C)(=O)=O)cc1. The highest BCUT2D eigenvalue weighted by Gasteiger charge is 2.23. The lowest BCUT2D eigenvalue weighted by atomic mass is 9.98. The minimum Gasteiger partial charge on any atom is -0.344 e. The molecule has 1 unspecified atom stereocenters. The molecule has 0 aliphatic heterocycles. The molecule has 0 aliphatic rings. The number of benzene rings is 3. The summed E-state index contributed by atoms with van der Waals surface area (Å²) in [6.45, 7) is 3.75. The predicted molar refractivity (Wildman–Crippen MR) is 126 cm³/mol. The van der Waals surface area contributed by atoms with Crippen molar-refractivity contribution in [2.45, 2.75) is 26.3 Å². The van der Waals surface area contributed by atoms with Crippen molar-refractivity contribution in [3.63, 3.8) is 0 Å². The zero-order valence-corrected chi connectivity index (χ0v) is 18.9. The molecule has 5 nitrogen and oxygen atoms in total. The van der Waals surface area contributed by atoms with Crippen molar-refractivity contribution in [2.75, 3.05) is 17.1 Å². The Morgan fingerprint density at radius 3 is 2.03 bits per heavy atom. The van der Waals surface area contributed by atoms with E-state index in [4.69, 9.17) is 0 Å². The first-order valence-electron chi connectivity index (χ1n) is 10.3. The molecule has 0 bridgehead atoms. The first kappa shape index (κ1) is 22.6. The van der Waals surface area contributed by atoms with Crippen LogP contribution in [0.4, 0.5) is 5.69 Å². The summed E-state index contributed by atoms with van der Waals surface area (Å²) in [6.07, 6.45) is 1.97. The van der Waals surface area contributed by atoms with Crippen molar-refractivity contribution in [3.8, 4) is 0 Å². The van der Waals surface area contributed by atoms with Crippen molar-refractivity contribution in [3.05, 3.63) is 101 Å². The topological polar surface area (TPSA) is 66.5 Å². The van der Waals surface area contributed by atoms with Gasteiger partial charge in [-0.1, -0.05) is 79.2 Å². The summed E-state index contributed by atoms with van der Waals surface area (Å²) in [4.78, 5) is 13.0. The number of hydrogen-bond donors (Lipinski definition) is 1. The van der Waals surface area contributed by atoms with E-state index in [0.29, 0.717) is 5.69 Å². The summed E-state index contributed by atoms with van der Waals surface area (Å²) in [7, 11) is -3.63. The number of carbonyl (C=O) groups excluding carboxylic acids is 1. The highest BCUT2D eigenvalue weighted by atomic mass is 32.2. The van der Waals surface area contributed by atoms with E-state index in [2.05, 4.69) is 5.32 Å². The summed E-state index contributed by atoms with van der Waals surface area (Å²) in [6, 6.07) is 24.5. The summed E-state index contributed by atoms with van der Waals surface area (Å²) >= 11 is 0.